The average Bonchev–Trinajstić information content (AvgIpc) is 2.35. The molecule has 0 saturated carbocycles. The summed E-state index contributed by atoms with van der Waals surface area (Å²) in [7, 11) is -0.688. The van der Waals surface area contributed by atoms with Gasteiger partial charge in [-0.3, -0.25) is 0 Å². The molecule has 2 heterocycles. The molecule has 1 aliphatic carbocycles. The Hall–Kier alpha value is -0.0862. The summed E-state index contributed by atoms with van der Waals surface area (Å²) in [6, 6.07) is 0. The molecule has 0 N–H and O–H groups in total. The predicted molar refractivity (Wildman–Crippen MR) is 148 cm³/mol. The Morgan fingerprint density at radius 2 is 0.875 bits per heavy atom. The van der Waals surface area contributed by atoms with Gasteiger partial charge in [-0.1, -0.05) is 147 Å². The molecule has 2 heteroatoms. The zero-order valence-corrected chi connectivity index (χ0v) is 27.0. The van der Waals surface area contributed by atoms with Crippen LogP contribution in [0.5, 0.6) is 0 Å². The summed E-state index contributed by atoms with van der Waals surface area (Å²) in [5.41, 5.74) is 6.71. The lowest BCUT2D eigenvalue weighted by atomic mass is 9.43. The largest absolute Gasteiger partial charge is 0.0921 e. The molecule has 0 aromatic rings. The molecular formula is C30H54Si2. The molecule has 0 aromatic carbocycles. The highest BCUT2D eigenvalue weighted by molar-refractivity contribution is 7.40. The Bertz CT molecular complexity index is 825. The van der Waals surface area contributed by atoms with Crippen LogP contribution in [0.25, 0.3) is 0 Å². The van der Waals surface area contributed by atoms with E-state index in [4.69, 9.17) is 0 Å². The van der Waals surface area contributed by atoms with Gasteiger partial charge in [-0.2, -0.15) is 0 Å². The summed E-state index contributed by atoms with van der Waals surface area (Å²) >= 11 is 0. The zero-order chi connectivity index (χ0) is 25.5. The summed E-state index contributed by atoms with van der Waals surface area (Å²) in [4.78, 5) is 0. The van der Waals surface area contributed by atoms with Gasteiger partial charge in [-0.15, -0.1) is 0 Å². The van der Waals surface area contributed by atoms with Crippen LogP contribution in [-0.2, 0) is 0 Å². The molecule has 0 aromatic heterocycles. The number of rotatable bonds is 0. The molecular weight excluding hydrogens is 417 g/mol. The second-order valence-electron chi connectivity index (χ2n) is 17.4. The van der Waals surface area contributed by atoms with Crippen LogP contribution in [0.2, 0.25) is 15.1 Å². The summed E-state index contributed by atoms with van der Waals surface area (Å²) in [6.45, 7) is 45.8. The van der Waals surface area contributed by atoms with Crippen molar-refractivity contribution in [3.05, 3.63) is 21.9 Å². The van der Waals surface area contributed by atoms with E-state index < -0.39 is 7.59 Å². The normalized spacial score (nSPS) is 33.9. The molecule has 182 valence electrons. The molecule has 1 saturated heterocycles. The van der Waals surface area contributed by atoms with E-state index in [1.54, 1.807) is 0 Å². The highest BCUT2D eigenvalue weighted by Gasteiger charge is 2.95. The second-order valence-corrected chi connectivity index (χ2v) is 25.6. The lowest BCUT2D eigenvalue weighted by Crippen LogP contribution is -2.92. The van der Waals surface area contributed by atoms with Gasteiger partial charge in [0.25, 0.3) is 0 Å². The first-order chi connectivity index (χ1) is 13.7. The Kier molecular flexibility index (Phi) is 5.12. The van der Waals surface area contributed by atoms with Crippen molar-refractivity contribution in [1.29, 1.82) is 0 Å². The fraction of sp³-hybridized carbons (Fsp3) is 0.867. The average molecular weight is 471 g/mol. The fourth-order valence-corrected chi connectivity index (χ4v) is 26.8. The molecule has 0 nitrogen and oxygen atoms in total. The van der Waals surface area contributed by atoms with Gasteiger partial charge in [0.2, 0.25) is 0 Å². The topological polar surface area (TPSA) is 0 Å². The molecule has 0 bridgehead atoms. The molecule has 32 heavy (non-hydrogen) atoms. The predicted octanol–water partition coefficient (Wildman–Crippen LogP) is 9.74. The lowest BCUT2D eigenvalue weighted by molar-refractivity contribution is 0.120. The molecule has 1 fully saturated rings. The van der Waals surface area contributed by atoms with E-state index >= 15 is 0 Å². The maximum Gasteiger partial charge on any atom is 0.0921 e. The van der Waals surface area contributed by atoms with Gasteiger partial charge in [0.1, 0.15) is 0 Å². The summed E-state index contributed by atoms with van der Waals surface area (Å²) in [5.74, 6) is 0. The van der Waals surface area contributed by atoms with Crippen LogP contribution in [-0.4, -0.2) is 16.6 Å². The smallest absolute Gasteiger partial charge is 0.0761 e. The Morgan fingerprint density at radius 1 is 0.500 bits per heavy atom. The van der Waals surface area contributed by atoms with Crippen molar-refractivity contribution in [1.82, 2.24) is 0 Å². The van der Waals surface area contributed by atoms with Gasteiger partial charge < -0.3 is 0 Å². The molecule has 2 aliphatic heterocycles. The van der Waals surface area contributed by atoms with E-state index in [0.29, 0.717) is 15.1 Å². The van der Waals surface area contributed by atoms with Crippen molar-refractivity contribution in [2.24, 2.45) is 27.1 Å². The molecule has 2 radical (unpaired) electrons. The van der Waals surface area contributed by atoms with Crippen LogP contribution in [0.15, 0.2) is 21.9 Å². The Balaban J connectivity index is 2.66. The van der Waals surface area contributed by atoms with Gasteiger partial charge in [-0.05, 0) is 37.2 Å². The lowest BCUT2D eigenvalue weighted by Gasteiger charge is -2.93. The summed E-state index contributed by atoms with van der Waals surface area (Å²) in [5, 5.41) is 2.98. The standard InChI is InChI=1S/C30H54Si2/c1-23(2,3)19-20(24(4,5)6)30(27(13,14)15)29(19)21(25(7,8)9)22(26(10,11)12)32(29,31-30)28(16,17)18/h1-18H3/t29-,30+,32+/m1/s1. The van der Waals surface area contributed by atoms with Crippen LogP contribution >= 0.6 is 0 Å². The summed E-state index contributed by atoms with van der Waals surface area (Å²) in [6.07, 6.45) is 0. The van der Waals surface area contributed by atoms with Crippen molar-refractivity contribution in [3.63, 3.8) is 0 Å². The van der Waals surface area contributed by atoms with E-state index in [-0.39, 0.29) is 27.1 Å². The summed E-state index contributed by atoms with van der Waals surface area (Å²) < 4.78 is 0. The van der Waals surface area contributed by atoms with Crippen LogP contribution in [0.4, 0.5) is 0 Å². The number of hydrogen-bond donors (Lipinski definition) is 0. The van der Waals surface area contributed by atoms with Crippen LogP contribution in [0.3, 0.4) is 0 Å². The molecule has 1 spiro atoms. The molecule has 0 amide bonds. The van der Waals surface area contributed by atoms with Crippen molar-refractivity contribution >= 4 is 16.6 Å². The van der Waals surface area contributed by atoms with Crippen LogP contribution in [0, 0.1) is 27.1 Å². The molecule has 3 aliphatic rings. The van der Waals surface area contributed by atoms with Crippen molar-refractivity contribution in [2.75, 3.05) is 0 Å². The van der Waals surface area contributed by atoms with Gasteiger partial charge >= 0.3 is 0 Å². The zero-order valence-electron chi connectivity index (χ0n) is 25.0. The third-order valence-corrected chi connectivity index (χ3v) is 23.5. The second kappa shape index (κ2) is 6.18. The highest BCUT2D eigenvalue weighted by Crippen LogP contribution is 3.01. The maximum atomic E-state index is 2.61. The molecule has 3 atom stereocenters. The fourth-order valence-electron chi connectivity index (χ4n) is 8.69. The minimum atomic E-state index is -1.79. The van der Waals surface area contributed by atoms with Gasteiger partial charge in [0.05, 0.1) is 16.6 Å². The minimum Gasteiger partial charge on any atom is -0.0761 e. The SMILES string of the molecule is CC(C)(C)C1=C(C(C)(C)C)[C@@]2(C(C)(C)C)[Si][Si@]3(C(C)(C)C)C(C(C)(C)C)=C(C(C)(C)C)[C@]123. The van der Waals surface area contributed by atoms with E-state index in [1.165, 1.54) is 0 Å². The minimum absolute atomic E-state index is 0.200. The van der Waals surface area contributed by atoms with Gasteiger partial charge in [-0.25, -0.2) is 0 Å². The van der Waals surface area contributed by atoms with E-state index in [1.807, 2.05) is 21.9 Å². The van der Waals surface area contributed by atoms with Crippen LogP contribution in [0.1, 0.15) is 125 Å². The maximum absolute atomic E-state index is 2.61. The van der Waals surface area contributed by atoms with Gasteiger partial charge in [0.15, 0.2) is 0 Å². The van der Waals surface area contributed by atoms with E-state index in [9.17, 15) is 0 Å². The first kappa shape index (κ1) is 26.5. The molecule has 3 rings (SSSR count). The first-order valence-electron chi connectivity index (χ1n) is 13.0. The quantitative estimate of drug-likeness (QED) is 0.244. The first-order valence-corrected chi connectivity index (χ1v) is 17.0. The Labute approximate surface area is 205 Å². The number of allylic oxidation sites excluding steroid dienone is 4. The third-order valence-electron chi connectivity index (χ3n) is 8.75. The van der Waals surface area contributed by atoms with Crippen molar-refractivity contribution in [2.45, 2.75) is 140 Å². The van der Waals surface area contributed by atoms with Gasteiger partial charge in [0, 0.05) is 5.04 Å². The van der Waals surface area contributed by atoms with Crippen molar-refractivity contribution < 1.29 is 0 Å². The van der Waals surface area contributed by atoms with E-state index in [0.717, 1.165) is 9.04 Å². The van der Waals surface area contributed by atoms with E-state index in [2.05, 4.69) is 125 Å². The Morgan fingerprint density at radius 3 is 1.12 bits per heavy atom. The van der Waals surface area contributed by atoms with Crippen molar-refractivity contribution in [3.8, 4) is 0 Å². The monoisotopic (exact) mass is 470 g/mol. The highest BCUT2D eigenvalue weighted by atomic mass is 29.2. The third kappa shape index (κ3) is 2.61. The van der Waals surface area contributed by atoms with Crippen LogP contribution < -0.4 is 0 Å². The number of hydrogen-bond acceptors (Lipinski definition) is 0. The molecule has 0 unspecified atom stereocenters.